The van der Waals surface area contributed by atoms with Crippen LogP contribution in [0.1, 0.15) is 12.0 Å². The number of methoxy groups -OCH3 is 2. The van der Waals surface area contributed by atoms with Crippen LogP contribution in [0.2, 0.25) is 0 Å². The van der Waals surface area contributed by atoms with Crippen molar-refractivity contribution >= 4 is 28.5 Å². The van der Waals surface area contributed by atoms with Gasteiger partial charge in [-0.15, -0.1) is 0 Å². The Morgan fingerprint density at radius 3 is 2.57 bits per heavy atom. The smallest absolute Gasteiger partial charge is 0.266 e. The first-order valence-corrected chi connectivity index (χ1v) is 10.0. The summed E-state index contributed by atoms with van der Waals surface area (Å²) in [5, 5.41) is 0.679. The summed E-state index contributed by atoms with van der Waals surface area (Å²) in [6.45, 7) is 2.59. The van der Waals surface area contributed by atoms with E-state index in [4.69, 9.17) is 19.2 Å². The highest BCUT2D eigenvalue weighted by atomic mass is 32.2. The van der Waals surface area contributed by atoms with Crippen molar-refractivity contribution in [3.8, 4) is 17.2 Å². The molecule has 2 aromatic rings. The summed E-state index contributed by atoms with van der Waals surface area (Å²) in [7, 11) is 3.23. The average Bonchev–Trinajstić information content (AvgIpc) is 2.73. The van der Waals surface area contributed by atoms with E-state index in [-0.39, 0.29) is 12.5 Å². The van der Waals surface area contributed by atoms with Gasteiger partial charge in [0.1, 0.15) is 22.9 Å². The molecule has 2 aromatic carbocycles. The number of benzene rings is 2. The molecule has 0 bridgehead atoms. The van der Waals surface area contributed by atoms with E-state index < -0.39 is 0 Å². The number of ether oxygens (including phenoxy) is 3. The largest absolute Gasteiger partial charge is 0.497 e. The van der Waals surface area contributed by atoms with Gasteiger partial charge in [0.15, 0.2) is 11.8 Å². The van der Waals surface area contributed by atoms with E-state index in [9.17, 15) is 4.79 Å². The van der Waals surface area contributed by atoms with Crippen LogP contribution in [0.5, 0.6) is 17.2 Å². The number of thioether (sulfide) groups is 1. The molecular formula is C21H24N2O4S. The number of amides is 1. The third-order valence-corrected chi connectivity index (χ3v) is 5.32. The lowest BCUT2D eigenvalue weighted by Gasteiger charge is -2.27. The zero-order chi connectivity index (χ0) is 19.9. The monoisotopic (exact) mass is 400 g/mol. The molecule has 0 saturated carbocycles. The number of amidine groups is 1. The van der Waals surface area contributed by atoms with Crippen LogP contribution in [0.3, 0.4) is 0 Å². The highest BCUT2D eigenvalue weighted by molar-refractivity contribution is 8.13. The Labute approximate surface area is 169 Å². The normalized spacial score (nSPS) is 15.4. The summed E-state index contributed by atoms with van der Waals surface area (Å²) in [5.41, 5.74) is 1.81. The van der Waals surface area contributed by atoms with Crippen LogP contribution in [0.15, 0.2) is 47.5 Å². The van der Waals surface area contributed by atoms with Crippen molar-refractivity contribution in [2.45, 2.75) is 13.3 Å². The summed E-state index contributed by atoms with van der Waals surface area (Å²) in [6, 6.07) is 13.0. The first-order chi connectivity index (χ1) is 13.6. The molecule has 28 heavy (non-hydrogen) atoms. The summed E-state index contributed by atoms with van der Waals surface area (Å²) >= 11 is 1.57. The summed E-state index contributed by atoms with van der Waals surface area (Å²) in [5.74, 6) is 2.86. The quantitative estimate of drug-likeness (QED) is 0.732. The number of hydrogen-bond acceptors (Lipinski definition) is 6. The number of carbonyl (C=O) groups excluding carboxylic acids is 1. The molecule has 1 fully saturated rings. The van der Waals surface area contributed by atoms with Gasteiger partial charge < -0.3 is 14.2 Å². The van der Waals surface area contributed by atoms with Crippen molar-refractivity contribution in [3.05, 3.63) is 48.0 Å². The molecule has 3 rings (SSSR count). The highest BCUT2D eigenvalue weighted by Gasteiger charge is 2.24. The predicted octanol–water partition coefficient (Wildman–Crippen LogP) is 4.04. The molecule has 1 saturated heterocycles. The summed E-state index contributed by atoms with van der Waals surface area (Å²) in [6.07, 6.45) is 0.920. The van der Waals surface area contributed by atoms with E-state index >= 15 is 0 Å². The van der Waals surface area contributed by atoms with Crippen LogP contribution in [-0.2, 0) is 4.79 Å². The van der Waals surface area contributed by atoms with Gasteiger partial charge in [-0.1, -0.05) is 17.8 Å². The van der Waals surface area contributed by atoms with Crippen LogP contribution in [0.25, 0.3) is 0 Å². The number of aryl methyl sites for hydroxylation is 1. The van der Waals surface area contributed by atoms with Gasteiger partial charge in [-0.2, -0.15) is 0 Å². The van der Waals surface area contributed by atoms with Crippen molar-refractivity contribution in [2.24, 2.45) is 4.99 Å². The fourth-order valence-corrected chi connectivity index (χ4v) is 3.74. The standard InChI is InChI=1S/C21H24N2O4S/c1-15-5-10-19(26-3)18(13-15)22-21-23(11-4-12-28-21)20(24)14-27-17-8-6-16(25-2)7-9-17/h5-10,13H,4,11-12,14H2,1-3H3. The van der Waals surface area contributed by atoms with Crippen LogP contribution >= 0.6 is 11.8 Å². The minimum absolute atomic E-state index is 0.0448. The van der Waals surface area contributed by atoms with Crippen LogP contribution in [0, 0.1) is 6.92 Å². The lowest BCUT2D eigenvalue weighted by Crippen LogP contribution is -2.41. The fraction of sp³-hybridized carbons (Fsp3) is 0.333. The Morgan fingerprint density at radius 1 is 1.11 bits per heavy atom. The second-order valence-corrected chi connectivity index (χ2v) is 7.34. The molecule has 0 N–H and O–H groups in total. The average molecular weight is 401 g/mol. The molecule has 1 aliphatic rings. The molecule has 0 radical (unpaired) electrons. The minimum Gasteiger partial charge on any atom is -0.497 e. The molecular weight excluding hydrogens is 376 g/mol. The Bertz CT molecular complexity index is 852. The predicted molar refractivity (Wildman–Crippen MR) is 112 cm³/mol. The summed E-state index contributed by atoms with van der Waals surface area (Å²) < 4.78 is 16.2. The third kappa shape index (κ3) is 4.98. The van der Waals surface area contributed by atoms with Crippen molar-refractivity contribution in [1.29, 1.82) is 0 Å². The third-order valence-electron chi connectivity index (χ3n) is 4.26. The van der Waals surface area contributed by atoms with E-state index in [1.165, 1.54) is 0 Å². The van der Waals surface area contributed by atoms with Crippen molar-refractivity contribution < 1.29 is 19.0 Å². The Hall–Kier alpha value is -2.67. The molecule has 0 unspecified atom stereocenters. The van der Waals surface area contributed by atoms with Gasteiger partial charge in [0.05, 0.1) is 14.2 Å². The fourth-order valence-electron chi connectivity index (χ4n) is 2.77. The number of nitrogens with zero attached hydrogens (tertiary/aromatic N) is 2. The van der Waals surface area contributed by atoms with Gasteiger partial charge in [0.2, 0.25) is 0 Å². The molecule has 7 heteroatoms. The second kappa shape index (κ2) is 9.50. The van der Waals surface area contributed by atoms with E-state index in [1.807, 2.05) is 25.1 Å². The van der Waals surface area contributed by atoms with Gasteiger partial charge in [0.25, 0.3) is 5.91 Å². The number of rotatable bonds is 6. The van der Waals surface area contributed by atoms with Gasteiger partial charge in [-0.05, 0) is 55.3 Å². The lowest BCUT2D eigenvalue weighted by atomic mass is 10.2. The molecule has 1 amide bonds. The zero-order valence-electron chi connectivity index (χ0n) is 16.3. The molecule has 0 aliphatic carbocycles. The Balaban J connectivity index is 1.73. The second-order valence-electron chi connectivity index (χ2n) is 6.28. The van der Waals surface area contributed by atoms with Crippen molar-refractivity contribution in [3.63, 3.8) is 0 Å². The molecule has 0 aromatic heterocycles. The van der Waals surface area contributed by atoms with Crippen molar-refractivity contribution in [1.82, 2.24) is 4.90 Å². The van der Waals surface area contributed by atoms with Crippen LogP contribution in [-0.4, -0.2) is 49.1 Å². The maximum Gasteiger partial charge on any atom is 0.266 e. The first-order valence-electron chi connectivity index (χ1n) is 9.04. The Morgan fingerprint density at radius 2 is 1.86 bits per heavy atom. The lowest BCUT2D eigenvalue weighted by molar-refractivity contribution is -0.129. The van der Waals surface area contributed by atoms with Gasteiger partial charge in [-0.3, -0.25) is 9.69 Å². The Kier molecular flexibility index (Phi) is 6.81. The van der Waals surface area contributed by atoms with Crippen molar-refractivity contribution in [2.75, 3.05) is 33.1 Å². The molecule has 0 atom stereocenters. The van der Waals surface area contributed by atoms with Crippen LogP contribution < -0.4 is 14.2 Å². The van der Waals surface area contributed by atoms with E-state index in [1.54, 1.807) is 55.1 Å². The van der Waals surface area contributed by atoms with Gasteiger partial charge in [0, 0.05) is 12.3 Å². The minimum atomic E-state index is -0.117. The van der Waals surface area contributed by atoms with Gasteiger partial charge >= 0.3 is 0 Å². The van der Waals surface area contributed by atoms with E-state index in [0.717, 1.165) is 29.2 Å². The van der Waals surface area contributed by atoms with Crippen LogP contribution in [0.4, 0.5) is 5.69 Å². The maximum atomic E-state index is 12.8. The maximum absolute atomic E-state index is 12.8. The zero-order valence-corrected chi connectivity index (χ0v) is 17.1. The number of aliphatic imine (C=N–C) groups is 1. The SMILES string of the molecule is COc1ccc(OCC(=O)N2CCCSC2=Nc2cc(C)ccc2OC)cc1. The molecule has 148 valence electrons. The van der Waals surface area contributed by atoms with E-state index in [2.05, 4.69) is 0 Å². The first kappa shape index (κ1) is 20.1. The molecule has 1 heterocycles. The van der Waals surface area contributed by atoms with E-state index in [0.29, 0.717) is 23.2 Å². The molecule has 1 aliphatic heterocycles. The molecule has 0 spiro atoms. The molecule has 6 nitrogen and oxygen atoms in total. The number of carbonyl (C=O) groups is 1. The topological polar surface area (TPSA) is 60.4 Å². The summed E-state index contributed by atoms with van der Waals surface area (Å²) in [4.78, 5) is 19.2. The van der Waals surface area contributed by atoms with Gasteiger partial charge in [-0.25, -0.2) is 4.99 Å². The highest BCUT2D eigenvalue weighted by Crippen LogP contribution is 2.31. The number of hydrogen-bond donors (Lipinski definition) is 0.